The van der Waals surface area contributed by atoms with Gasteiger partial charge in [0.1, 0.15) is 0 Å². The van der Waals surface area contributed by atoms with E-state index in [2.05, 4.69) is 23.3 Å². The van der Waals surface area contributed by atoms with Crippen molar-refractivity contribution in [2.75, 3.05) is 10.2 Å². The number of nitrogens with zero attached hydrogens (tertiary/aromatic N) is 2. The molecule has 0 saturated carbocycles. The van der Waals surface area contributed by atoms with E-state index in [9.17, 15) is 4.79 Å². The average Bonchev–Trinajstić information content (AvgIpc) is 2.48. The Hall–Kier alpha value is -2.36. The van der Waals surface area contributed by atoms with Crippen molar-refractivity contribution in [3.05, 3.63) is 54.4 Å². The van der Waals surface area contributed by atoms with Gasteiger partial charge in [0.05, 0.1) is 6.04 Å². The molecule has 0 aliphatic carbocycles. The van der Waals surface area contributed by atoms with E-state index in [1.54, 1.807) is 19.3 Å². The molecule has 0 radical (unpaired) electrons. The van der Waals surface area contributed by atoms with Gasteiger partial charge in [-0.25, -0.2) is 0 Å². The number of aromatic nitrogens is 1. The van der Waals surface area contributed by atoms with E-state index < -0.39 is 0 Å². The Morgan fingerprint density at radius 1 is 1.24 bits per heavy atom. The largest absolute Gasteiger partial charge is 0.378 e. The first-order chi connectivity index (χ1) is 10.2. The van der Waals surface area contributed by atoms with E-state index in [1.165, 1.54) is 5.56 Å². The second kappa shape index (κ2) is 5.56. The first-order valence-electron chi connectivity index (χ1n) is 7.22. The Morgan fingerprint density at radius 2 is 1.95 bits per heavy atom. The van der Waals surface area contributed by atoms with Crippen LogP contribution in [0.25, 0.3) is 0 Å². The lowest BCUT2D eigenvalue weighted by Gasteiger charge is -2.39. The summed E-state index contributed by atoms with van der Waals surface area (Å²) in [4.78, 5) is 17.9. The summed E-state index contributed by atoms with van der Waals surface area (Å²) in [6.45, 7) is 3.72. The fourth-order valence-corrected chi connectivity index (χ4v) is 3.08. The number of carbonyl (C=O) groups is 1. The minimum atomic E-state index is 0.0947. The Bertz CT molecular complexity index is 641. The van der Waals surface area contributed by atoms with Crippen molar-refractivity contribution in [1.82, 2.24) is 4.98 Å². The highest BCUT2D eigenvalue weighted by Crippen LogP contribution is 2.38. The number of anilines is 2. The molecule has 0 spiro atoms. The predicted octanol–water partition coefficient (Wildman–Crippen LogP) is 3.38. The van der Waals surface area contributed by atoms with Crippen molar-refractivity contribution in [3.8, 4) is 0 Å². The van der Waals surface area contributed by atoms with Crippen molar-refractivity contribution in [3.63, 3.8) is 0 Å². The van der Waals surface area contributed by atoms with Crippen molar-refractivity contribution in [2.45, 2.75) is 32.4 Å². The third-order valence-electron chi connectivity index (χ3n) is 3.95. The van der Waals surface area contributed by atoms with E-state index >= 15 is 0 Å². The van der Waals surface area contributed by atoms with Crippen molar-refractivity contribution in [1.29, 1.82) is 0 Å². The first-order valence-corrected chi connectivity index (χ1v) is 7.22. The number of para-hydroxylation sites is 1. The molecule has 2 atom stereocenters. The number of hydrogen-bond acceptors (Lipinski definition) is 3. The Labute approximate surface area is 124 Å². The molecule has 2 aromatic rings. The summed E-state index contributed by atoms with van der Waals surface area (Å²) < 4.78 is 0. The second-order valence-electron chi connectivity index (χ2n) is 5.47. The van der Waals surface area contributed by atoms with Crippen molar-refractivity contribution >= 4 is 17.3 Å². The molecule has 4 heteroatoms. The molecule has 1 aromatic carbocycles. The van der Waals surface area contributed by atoms with Gasteiger partial charge in [0.15, 0.2) is 0 Å². The van der Waals surface area contributed by atoms with Crippen LogP contribution in [0, 0.1) is 0 Å². The van der Waals surface area contributed by atoms with Crippen LogP contribution in [0.5, 0.6) is 0 Å². The minimum absolute atomic E-state index is 0.0947. The number of hydrogen-bond donors (Lipinski definition) is 1. The maximum Gasteiger partial charge on any atom is 0.224 e. The number of amides is 1. The summed E-state index contributed by atoms with van der Waals surface area (Å²) in [6, 6.07) is 12.4. The van der Waals surface area contributed by atoms with Gasteiger partial charge in [-0.1, -0.05) is 18.2 Å². The highest BCUT2D eigenvalue weighted by atomic mass is 16.2. The number of benzene rings is 1. The molecule has 0 fully saturated rings. The molecular weight excluding hydrogens is 262 g/mol. The lowest BCUT2D eigenvalue weighted by atomic mass is 9.91. The fourth-order valence-electron chi connectivity index (χ4n) is 3.08. The van der Waals surface area contributed by atoms with Gasteiger partial charge in [0.25, 0.3) is 0 Å². The molecule has 108 valence electrons. The molecular formula is C17H19N3O. The molecule has 0 unspecified atom stereocenters. The number of carbonyl (C=O) groups excluding carboxylic acids is 1. The van der Waals surface area contributed by atoms with Crippen LogP contribution in [0.3, 0.4) is 0 Å². The zero-order chi connectivity index (χ0) is 14.8. The average molecular weight is 281 g/mol. The predicted molar refractivity (Wildman–Crippen MR) is 84.3 cm³/mol. The van der Waals surface area contributed by atoms with Crippen molar-refractivity contribution < 1.29 is 4.79 Å². The van der Waals surface area contributed by atoms with Gasteiger partial charge in [-0.2, -0.15) is 0 Å². The van der Waals surface area contributed by atoms with Gasteiger partial charge in [-0.05, 0) is 37.1 Å². The maximum absolute atomic E-state index is 11.9. The minimum Gasteiger partial charge on any atom is -0.378 e. The quantitative estimate of drug-likeness (QED) is 0.918. The Kier molecular flexibility index (Phi) is 3.60. The molecule has 1 aromatic heterocycles. The van der Waals surface area contributed by atoms with Gasteiger partial charge in [-0.15, -0.1) is 0 Å². The van der Waals surface area contributed by atoms with Gasteiger partial charge in [0.2, 0.25) is 5.91 Å². The van der Waals surface area contributed by atoms with Crippen LogP contribution in [0.15, 0.2) is 48.8 Å². The van der Waals surface area contributed by atoms with Crippen LogP contribution < -0.4 is 10.2 Å². The fraction of sp³-hybridized carbons (Fsp3) is 0.294. The third-order valence-corrected chi connectivity index (χ3v) is 3.95. The zero-order valence-electron chi connectivity index (χ0n) is 12.3. The van der Waals surface area contributed by atoms with Gasteiger partial charge >= 0.3 is 0 Å². The van der Waals surface area contributed by atoms with E-state index in [4.69, 9.17) is 0 Å². The standard InChI is InChI=1S/C17H19N3O/c1-12-11-16(19-14-7-9-18-10-8-14)15-5-3-4-6-17(15)20(12)13(2)21/h3-10,12,16H,11H2,1-2H3,(H,18,19)/t12-,16+/m1/s1. The SMILES string of the molecule is CC(=O)N1c2ccccc2[C@@H](Nc2ccncc2)C[C@H]1C. The van der Waals surface area contributed by atoms with Crippen LogP contribution in [-0.4, -0.2) is 16.9 Å². The topological polar surface area (TPSA) is 45.2 Å². The number of rotatable bonds is 2. The van der Waals surface area contributed by atoms with Gasteiger partial charge in [-0.3, -0.25) is 9.78 Å². The molecule has 21 heavy (non-hydrogen) atoms. The summed E-state index contributed by atoms with van der Waals surface area (Å²) in [5, 5.41) is 3.55. The summed E-state index contributed by atoms with van der Waals surface area (Å²) in [5.74, 6) is 0.0947. The summed E-state index contributed by atoms with van der Waals surface area (Å²) in [5.41, 5.74) is 3.23. The molecule has 0 saturated heterocycles. The van der Waals surface area contributed by atoms with Gasteiger partial charge in [0, 0.05) is 36.7 Å². The number of nitrogens with one attached hydrogen (secondary N) is 1. The Balaban J connectivity index is 1.96. The molecule has 1 N–H and O–H groups in total. The summed E-state index contributed by atoms with van der Waals surface area (Å²) in [7, 11) is 0. The van der Waals surface area contributed by atoms with Gasteiger partial charge < -0.3 is 10.2 Å². The number of pyridine rings is 1. The second-order valence-corrected chi connectivity index (χ2v) is 5.47. The first kappa shape index (κ1) is 13.6. The van der Waals surface area contributed by atoms with E-state index in [1.807, 2.05) is 35.2 Å². The molecule has 2 heterocycles. The number of fused-ring (bicyclic) bond motifs is 1. The van der Waals surface area contributed by atoms with E-state index in [0.717, 1.165) is 17.8 Å². The zero-order valence-corrected chi connectivity index (χ0v) is 12.3. The maximum atomic E-state index is 11.9. The molecule has 1 amide bonds. The highest BCUT2D eigenvalue weighted by Gasteiger charge is 2.31. The molecule has 4 nitrogen and oxygen atoms in total. The van der Waals surface area contributed by atoms with E-state index in [0.29, 0.717) is 0 Å². The normalized spacial score (nSPS) is 20.8. The van der Waals surface area contributed by atoms with Crippen LogP contribution in [0.2, 0.25) is 0 Å². The lowest BCUT2D eigenvalue weighted by molar-refractivity contribution is -0.117. The van der Waals surface area contributed by atoms with Crippen molar-refractivity contribution in [2.24, 2.45) is 0 Å². The van der Waals surface area contributed by atoms with Crippen LogP contribution >= 0.6 is 0 Å². The third kappa shape index (κ3) is 2.61. The molecule has 1 aliphatic heterocycles. The lowest BCUT2D eigenvalue weighted by Crippen LogP contribution is -2.43. The van der Waals surface area contributed by atoms with E-state index in [-0.39, 0.29) is 18.0 Å². The summed E-state index contributed by atoms with van der Waals surface area (Å²) >= 11 is 0. The van der Waals surface area contributed by atoms with Crippen LogP contribution in [-0.2, 0) is 4.79 Å². The summed E-state index contributed by atoms with van der Waals surface area (Å²) in [6.07, 6.45) is 4.45. The Morgan fingerprint density at radius 3 is 2.67 bits per heavy atom. The molecule has 0 bridgehead atoms. The smallest absolute Gasteiger partial charge is 0.224 e. The van der Waals surface area contributed by atoms with Crippen LogP contribution in [0.4, 0.5) is 11.4 Å². The van der Waals surface area contributed by atoms with Crippen LogP contribution in [0.1, 0.15) is 31.9 Å². The molecule has 1 aliphatic rings. The monoisotopic (exact) mass is 281 g/mol. The highest BCUT2D eigenvalue weighted by molar-refractivity contribution is 5.93. The molecule has 3 rings (SSSR count).